The van der Waals surface area contributed by atoms with Crippen molar-refractivity contribution in [3.05, 3.63) is 84.2 Å². The third kappa shape index (κ3) is 7.55. The number of amides is 2. The number of halogens is 1. The third-order valence-corrected chi connectivity index (χ3v) is 8.52. The van der Waals surface area contributed by atoms with Crippen LogP contribution in [0.5, 0.6) is 11.5 Å². The topological polar surface area (TPSA) is 105 Å². The Morgan fingerprint density at radius 1 is 0.927 bits per heavy atom. The lowest BCUT2D eigenvalue weighted by molar-refractivity contribution is -0.139. The molecule has 220 valence electrons. The fourth-order valence-electron chi connectivity index (χ4n) is 4.08. The van der Waals surface area contributed by atoms with E-state index in [0.717, 1.165) is 4.31 Å². The van der Waals surface area contributed by atoms with Crippen LogP contribution >= 0.6 is 0 Å². The summed E-state index contributed by atoms with van der Waals surface area (Å²) in [5.74, 6) is -1.01. The second-order valence-electron chi connectivity index (χ2n) is 9.47. The Balaban J connectivity index is 2.08. The number of nitrogens with one attached hydrogen (secondary N) is 1. The number of sulfonamides is 1. The second kappa shape index (κ2) is 14.0. The summed E-state index contributed by atoms with van der Waals surface area (Å²) in [4.78, 5) is 28.2. The van der Waals surface area contributed by atoms with E-state index in [-0.39, 0.29) is 34.5 Å². The van der Waals surface area contributed by atoms with Crippen molar-refractivity contribution in [1.29, 1.82) is 0 Å². The molecule has 2 amide bonds. The van der Waals surface area contributed by atoms with Crippen LogP contribution in [0, 0.1) is 5.82 Å². The largest absolute Gasteiger partial charge is 0.497 e. The van der Waals surface area contributed by atoms with E-state index < -0.39 is 40.2 Å². The van der Waals surface area contributed by atoms with Crippen LogP contribution < -0.4 is 19.1 Å². The van der Waals surface area contributed by atoms with Crippen LogP contribution in [-0.2, 0) is 26.2 Å². The van der Waals surface area contributed by atoms with Gasteiger partial charge in [-0.25, -0.2) is 12.8 Å². The molecule has 41 heavy (non-hydrogen) atoms. The Morgan fingerprint density at radius 2 is 1.56 bits per heavy atom. The molecule has 3 rings (SSSR count). The van der Waals surface area contributed by atoms with Crippen LogP contribution in [0.3, 0.4) is 0 Å². The Bertz CT molecular complexity index is 1450. The zero-order chi connectivity index (χ0) is 30.2. The van der Waals surface area contributed by atoms with Crippen molar-refractivity contribution in [2.75, 3.05) is 25.1 Å². The molecule has 3 aromatic carbocycles. The molecule has 0 bridgehead atoms. The highest BCUT2D eigenvalue weighted by Crippen LogP contribution is 2.33. The maximum Gasteiger partial charge on any atom is 0.264 e. The number of hydrogen-bond donors (Lipinski definition) is 1. The molecule has 0 spiro atoms. The van der Waals surface area contributed by atoms with Crippen molar-refractivity contribution < 1.29 is 31.9 Å². The monoisotopic (exact) mass is 585 g/mol. The van der Waals surface area contributed by atoms with Crippen molar-refractivity contribution >= 4 is 27.5 Å². The molecule has 3 aromatic rings. The predicted molar refractivity (Wildman–Crippen MR) is 155 cm³/mol. The number of methoxy groups -OCH3 is 2. The summed E-state index contributed by atoms with van der Waals surface area (Å²) in [6.07, 6.45) is 0.668. The second-order valence-corrected chi connectivity index (χ2v) is 11.3. The van der Waals surface area contributed by atoms with Gasteiger partial charge in [0.05, 0.1) is 24.8 Å². The van der Waals surface area contributed by atoms with Crippen molar-refractivity contribution in [1.82, 2.24) is 10.2 Å². The van der Waals surface area contributed by atoms with Gasteiger partial charge in [-0.3, -0.25) is 13.9 Å². The normalized spacial score (nSPS) is 12.6. The molecule has 11 heteroatoms. The summed E-state index contributed by atoms with van der Waals surface area (Å²) >= 11 is 0. The fraction of sp³-hybridized carbons (Fsp3) is 0.333. The molecule has 0 aromatic heterocycles. The van der Waals surface area contributed by atoms with Crippen LogP contribution in [-0.4, -0.2) is 58.0 Å². The Kier molecular flexibility index (Phi) is 10.7. The Hall–Kier alpha value is -4.12. The highest BCUT2D eigenvalue weighted by atomic mass is 32.2. The molecule has 0 heterocycles. The minimum atomic E-state index is -4.31. The summed E-state index contributed by atoms with van der Waals surface area (Å²) in [5.41, 5.74) is 0.313. The summed E-state index contributed by atoms with van der Waals surface area (Å²) < 4.78 is 54.1. The molecular weight excluding hydrogens is 549 g/mol. The van der Waals surface area contributed by atoms with Gasteiger partial charge in [-0.2, -0.15) is 0 Å². The van der Waals surface area contributed by atoms with Gasteiger partial charge in [0, 0.05) is 18.2 Å². The third-order valence-electron chi connectivity index (χ3n) is 6.75. The van der Waals surface area contributed by atoms with Gasteiger partial charge in [0.25, 0.3) is 10.0 Å². The van der Waals surface area contributed by atoms with E-state index in [1.807, 2.05) is 13.8 Å². The molecule has 0 aliphatic heterocycles. The molecule has 2 atom stereocenters. The Labute approximate surface area is 240 Å². The van der Waals surface area contributed by atoms with E-state index in [4.69, 9.17) is 9.47 Å². The highest BCUT2D eigenvalue weighted by molar-refractivity contribution is 7.92. The first-order chi connectivity index (χ1) is 19.5. The van der Waals surface area contributed by atoms with Crippen LogP contribution in [0.2, 0.25) is 0 Å². The summed E-state index contributed by atoms with van der Waals surface area (Å²) in [5, 5.41) is 2.84. The lowest BCUT2D eigenvalue weighted by Crippen LogP contribution is -2.52. The van der Waals surface area contributed by atoms with Gasteiger partial charge >= 0.3 is 0 Å². The number of ether oxygens (including phenoxy) is 2. The van der Waals surface area contributed by atoms with E-state index in [2.05, 4.69) is 5.32 Å². The van der Waals surface area contributed by atoms with Crippen molar-refractivity contribution in [2.24, 2.45) is 0 Å². The number of rotatable bonds is 13. The maximum absolute atomic E-state index is 14.7. The van der Waals surface area contributed by atoms with Gasteiger partial charge in [-0.15, -0.1) is 0 Å². The van der Waals surface area contributed by atoms with Crippen molar-refractivity contribution in [3.63, 3.8) is 0 Å². The minimum absolute atomic E-state index is 0.0831. The first kappa shape index (κ1) is 31.4. The number of anilines is 1. The van der Waals surface area contributed by atoms with Gasteiger partial charge in [0.15, 0.2) is 0 Å². The van der Waals surface area contributed by atoms with E-state index in [0.29, 0.717) is 12.2 Å². The molecule has 0 saturated heterocycles. The number of carbonyl (C=O) groups is 2. The van der Waals surface area contributed by atoms with E-state index >= 15 is 0 Å². The zero-order valence-electron chi connectivity index (χ0n) is 23.8. The average Bonchev–Trinajstić information content (AvgIpc) is 2.98. The van der Waals surface area contributed by atoms with Crippen molar-refractivity contribution in [2.45, 2.75) is 50.7 Å². The predicted octanol–water partition coefficient (Wildman–Crippen LogP) is 4.37. The molecule has 1 N–H and O–H groups in total. The molecule has 0 fully saturated rings. The number of benzene rings is 3. The van der Waals surface area contributed by atoms with Crippen LogP contribution in [0.25, 0.3) is 0 Å². The van der Waals surface area contributed by atoms with E-state index in [1.54, 1.807) is 24.3 Å². The minimum Gasteiger partial charge on any atom is -0.497 e. The maximum atomic E-state index is 14.7. The fourth-order valence-corrected chi connectivity index (χ4v) is 5.51. The van der Waals surface area contributed by atoms with Gasteiger partial charge < -0.3 is 19.7 Å². The van der Waals surface area contributed by atoms with Gasteiger partial charge in [-0.05, 0) is 62.7 Å². The van der Waals surface area contributed by atoms with Gasteiger partial charge in [0.2, 0.25) is 11.8 Å². The summed E-state index contributed by atoms with van der Waals surface area (Å²) in [7, 11) is -1.46. The molecule has 0 radical (unpaired) electrons. The van der Waals surface area contributed by atoms with Gasteiger partial charge in [0.1, 0.15) is 29.9 Å². The number of hydrogen-bond acceptors (Lipinski definition) is 6. The first-order valence-electron chi connectivity index (χ1n) is 13.2. The zero-order valence-corrected chi connectivity index (χ0v) is 24.7. The number of para-hydroxylation sites is 2. The van der Waals surface area contributed by atoms with E-state index in [9.17, 15) is 22.4 Å². The van der Waals surface area contributed by atoms with Crippen LogP contribution in [0.15, 0.2) is 77.7 Å². The number of carbonyl (C=O) groups excluding carboxylic acids is 2. The first-order valence-corrected chi connectivity index (χ1v) is 14.6. The quantitative estimate of drug-likeness (QED) is 0.320. The number of nitrogens with zero attached hydrogens (tertiary/aromatic N) is 2. The lowest BCUT2D eigenvalue weighted by Gasteiger charge is -2.32. The molecule has 0 saturated carbocycles. The molecule has 0 aliphatic rings. The summed E-state index contributed by atoms with van der Waals surface area (Å²) in [6, 6.07) is 16.9. The summed E-state index contributed by atoms with van der Waals surface area (Å²) in [6.45, 7) is 4.35. The highest BCUT2D eigenvalue weighted by Gasteiger charge is 2.34. The van der Waals surface area contributed by atoms with Gasteiger partial charge in [-0.1, -0.05) is 37.3 Å². The Morgan fingerprint density at radius 3 is 2.17 bits per heavy atom. The molecular formula is C30H36FN3O6S. The molecule has 0 aliphatic carbocycles. The lowest BCUT2D eigenvalue weighted by atomic mass is 10.1. The molecule has 9 nitrogen and oxygen atoms in total. The molecule has 0 unspecified atom stereocenters. The smallest absolute Gasteiger partial charge is 0.264 e. The SMILES string of the molecule is CC[C@@H](C)NC(=O)[C@@H](C)N(Cc1ccccc1F)C(=O)CN(c1ccccc1OC)S(=O)(=O)c1ccc(OC)cc1. The standard InChI is InChI=1S/C30H36FN3O6S/c1-6-21(2)32-30(36)22(3)33(19-23-11-7-8-12-26(23)31)29(35)20-34(27-13-9-10-14-28(27)40-5)41(37,38)25-17-15-24(39-4)16-18-25/h7-18,21-22H,6,19-20H2,1-5H3,(H,32,36)/t21-,22-/m1/s1. The van der Waals surface area contributed by atoms with Crippen LogP contribution in [0.4, 0.5) is 10.1 Å². The van der Waals surface area contributed by atoms with E-state index in [1.165, 1.54) is 74.6 Å². The average molecular weight is 586 g/mol. The van der Waals surface area contributed by atoms with Crippen molar-refractivity contribution in [3.8, 4) is 11.5 Å². The van der Waals surface area contributed by atoms with Crippen LogP contribution in [0.1, 0.15) is 32.8 Å².